The fraction of sp³-hybridized carbons (Fsp3) is 0.400. The summed E-state index contributed by atoms with van der Waals surface area (Å²) in [6.07, 6.45) is 6.38. The van der Waals surface area contributed by atoms with Crippen LogP contribution in [0.3, 0.4) is 0 Å². The third-order valence-corrected chi connectivity index (χ3v) is 3.66. The van der Waals surface area contributed by atoms with E-state index in [4.69, 9.17) is 0 Å². The summed E-state index contributed by atoms with van der Waals surface area (Å²) in [7, 11) is 0. The molecule has 0 saturated carbocycles. The molecule has 2 aromatic rings. The molecule has 1 aliphatic rings. The third kappa shape index (κ3) is 3.66. The maximum absolute atomic E-state index is 12.1. The molecular formula is C15H19N5O. The molecule has 110 valence electrons. The van der Waals surface area contributed by atoms with Gasteiger partial charge in [-0.1, -0.05) is 18.6 Å². The molecule has 1 aliphatic heterocycles. The fourth-order valence-corrected chi connectivity index (χ4v) is 2.50. The van der Waals surface area contributed by atoms with E-state index in [-0.39, 0.29) is 11.9 Å². The maximum atomic E-state index is 12.1. The first kappa shape index (κ1) is 13.8. The summed E-state index contributed by atoms with van der Waals surface area (Å²) >= 11 is 0. The quantitative estimate of drug-likeness (QED) is 0.891. The Kier molecular flexibility index (Phi) is 4.25. The number of amides is 1. The summed E-state index contributed by atoms with van der Waals surface area (Å²) in [5.74, 6) is 0.0544. The van der Waals surface area contributed by atoms with Gasteiger partial charge < -0.3 is 10.6 Å². The Morgan fingerprint density at radius 3 is 2.86 bits per heavy atom. The zero-order valence-corrected chi connectivity index (χ0v) is 11.8. The largest absolute Gasteiger partial charge is 0.325 e. The van der Waals surface area contributed by atoms with Gasteiger partial charge in [0, 0.05) is 5.69 Å². The molecule has 0 aliphatic carbocycles. The Bertz CT molecular complexity index is 573. The SMILES string of the molecule is O=C(Nc1ccc(Cn2cncn2)cc1)[C@H]1CCCCN1. The number of anilines is 1. The molecule has 0 unspecified atom stereocenters. The number of hydrogen-bond donors (Lipinski definition) is 2. The Morgan fingerprint density at radius 1 is 1.33 bits per heavy atom. The van der Waals surface area contributed by atoms with Crippen molar-refractivity contribution in [2.75, 3.05) is 11.9 Å². The van der Waals surface area contributed by atoms with Crippen molar-refractivity contribution in [2.24, 2.45) is 0 Å². The number of rotatable bonds is 4. The van der Waals surface area contributed by atoms with Crippen LogP contribution in [0.1, 0.15) is 24.8 Å². The van der Waals surface area contributed by atoms with Gasteiger partial charge in [0.2, 0.25) is 5.91 Å². The van der Waals surface area contributed by atoms with E-state index in [1.54, 1.807) is 11.0 Å². The van der Waals surface area contributed by atoms with Gasteiger partial charge in [-0.2, -0.15) is 5.10 Å². The third-order valence-electron chi connectivity index (χ3n) is 3.66. The van der Waals surface area contributed by atoms with Gasteiger partial charge in [-0.05, 0) is 37.1 Å². The molecule has 1 atom stereocenters. The van der Waals surface area contributed by atoms with E-state index in [0.29, 0.717) is 6.54 Å². The van der Waals surface area contributed by atoms with E-state index >= 15 is 0 Å². The standard InChI is InChI=1S/C15H19N5O/c21-15(14-3-1-2-8-17-14)19-13-6-4-12(5-7-13)9-20-11-16-10-18-20/h4-7,10-11,14,17H,1-3,8-9H2,(H,19,21)/t14-/m1/s1. The molecule has 1 amide bonds. The first-order chi connectivity index (χ1) is 10.3. The number of benzene rings is 1. The maximum Gasteiger partial charge on any atom is 0.241 e. The molecule has 0 spiro atoms. The molecule has 3 rings (SSSR count). The molecule has 0 radical (unpaired) electrons. The molecule has 2 heterocycles. The highest BCUT2D eigenvalue weighted by Crippen LogP contribution is 2.13. The van der Waals surface area contributed by atoms with E-state index in [1.807, 2.05) is 24.3 Å². The highest BCUT2D eigenvalue weighted by molar-refractivity contribution is 5.94. The second-order valence-corrected chi connectivity index (χ2v) is 5.28. The molecule has 1 aromatic carbocycles. The Labute approximate surface area is 123 Å². The minimum atomic E-state index is -0.0615. The van der Waals surface area contributed by atoms with Gasteiger partial charge in [0.15, 0.2) is 0 Å². The van der Waals surface area contributed by atoms with Crippen molar-refractivity contribution in [3.8, 4) is 0 Å². The van der Waals surface area contributed by atoms with Gasteiger partial charge in [0.05, 0.1) is 12.6 Å². The first-order valence-electron chi connectivity index (χ1n) is 7.27. The van der Waals surface area contributed by atoms with Crippen LogP contribution in [0.25, 0.3) is 0 Å². The van der Waals surface area contributed by atoms with Crippen molar-refractivity contribution in [1.29, 1.82) is 0 Å². The second kappa shape index (κ2) is 6.49. The van der Waals surface area contributed by atoms with E-state index in [0.717, 1.165) is 37.1 Å². The zero-order chi connectivity index (χ0) is 14.5. The van der Waals surface area contributed by atoms with Crippen LogP contribution >= 0.6 is 0 Å². The Hall–Kier alpha value is -2.21. The summed E-state index contributed by atoms with van der Waals surface area (Å²) in [5.41, 5.74) is 1.95. The van der Waals surface area contributed by atoms with Crippen molar-refractivity contribution in [3.63, 3.8) is 0 Å². The minimum Gasteiger partial charge on any atom is -0.325 e. The molecule has 21 heavy (non-hydrogen) atoms. The number of carbonyl (C=O) groups excluding carboxylic acids is 1. The van der Waals surface area contributed by atoms with Crippen molar-refractivity contribution in [3.05, 3.63) is 42.5 Å². The predicted octanol–water partition coefficient (Wildman–Crippen LogP) is 1.41. The van der Waals surface area contributed by atoms with Crippen LogP contribution in [-0.4, -0.2) is 33.3 Å². The van der Waals surface area contributed by atoms with Crippen LogP contribution in [0.2, 0.25) is 0 Å². The lowest BCUT2D eigenvalue weighted by Gasteiger charge is -2.22. The predicted molar refractivity (Wildman–Crippen MR) is 79.8 cm³/mol. The number of hydrogen-bond acceptors (Lipinski definition) is 4. The van der Waals surface area contributed by atoms with Crippen LogP contribution in [0.15, 0.2) is 36.9 Å². The van der Waals surface area contributed by atoms with E-state index in [1.165, 1.54) is 6.33 Å². The van der Waals surface area contributed by atoms with Crippen LogP contribution < -0.4 is 10.6 Å². The monoisotopic (exact) mass is 285 g/mol. The van der Waals surface area contributed by atoms with Crippen molar-refractivity contribution >= 4 is 11.6 Å². The normalized spacial score (nSPS) is 18.4. The van der Waals surface area contributed by atoms with Gasteiger partial charge >= 0.3 is 0 Å². The van der Waals surface area contributed by atoms with Crippen LogP contribution in [0.4, 0.5) is 5.69 Å². The average molecular weight is 285 g/mol. The number of piperidine rings is 1. The van der Waals surface area contributed by atoms with Gasteiger partial charge in [-0.15, -0.1) is 0 Å². The van der Waals surface area contributed by atoms with Crippen LogP contribution in [0, 0.1) is 0 Å². The van der Waals surface area contributed by atoms with Crippen molar-refractivity contribution in [1.82, 2.24) is 20.1 Å². The molecule has 1 fully saturated rings. The molecule has 2 N–H and O–H groups in total. The summed E-state index contributed by atoms with van der Waals surface area (Å²) < 4.78 is 1.76. The zero-order valence-electron chi connectivity index (χ0n) is 11.8. The Morgan fingerprint density at radius 2 is 2.19 bits per heavy atom. The molecular weight excluding hydrogens is 266 g/mol. The van der Waals surface area contributed by atoms with Crippen LogP contribution in [-0.2, 0) is 11.3 Å². The number of nitrogens with zero attached hydrogens (tertiary/aromatic N) is 3. The summed E-state index contributed by atoms with van der Waals surface area (Å²) in [4.78, 5) is 16.0. The number of aromatic nitrogens is 3. The van der Waals surface area contributed by atoms with Crippen molar-refractivity contribution < 1.29 is 4.79 Å². The van der Waals surface area contributed by atoms with Gasteiger partial charge in [-0.25, -0.2) is 9.67 Å². The second-order valence-electron chi connectivity index (χ2n) is 5.28. The fourth-order valence-electron chi connectivity index (χ4n) is 2.50. The van der Waals surface area contributed by atoms with Crippen LogP contribution in [0.5, 0.6) is 0 Å². The molecule has 1 saturated heterocycles. The van der Waals surface area contributed by atoms with E-state index in [2.05, 4.69) is 20.7 Å². The van der Waals surface area contributed by atoms with Gasteiger partial charge in [-0.3, -0.25) is 4.79 Å². The van der Waals surface area contributed by atoms with Crippen molar-refractivity contribution in [2.45, 2.75) is 31.8 Å². The lowest BCUT2D eigenvalue weighted by atomic mass is 10.0. The smallest absolute Gasteiger partial charge is 0.241 e. The summed E-state index contributed by atoms with van der Waals surface area (Å²) in [5, 5.41) is 10.3. The molecule has 1 aromatic heterocycles. The summed E-state index contributed by atoms with van der Waals surface area (Å²) in [6, 6.07) is 7.77. The highest BCUT2D eigenvalue weighted by atomic mass is 16.2. The first-order valence-corrected chi connectivity index (χ1v) is 7.27. The lowest BCUT2D eigenvalue weighted by Crippen LogP contribution is -2.43. The lowest BCUT2D eigenvalue weighted by molar-refractivity contribution is -0.118. The minimum absolute atomic E-state index is 0.0544. The summed E-state index contributed by atoms with van der Waals surface area (Å²) in [6.45, 7) is 1.60. The highest BCUT2D eigenvalue weighted by Gasteiger charge is 2.20. The van der Waals surface area contributed by atoms with Gasteiger partial charge in [0.1, 0.15) is 12.7 Å². The van der Waals surface area contributed by atoms with E-state index < -0.39 is 0 Å². The number of carbonyl (C=O) groups is 1. The molecule has 6 heteroatoms. The Balaban J connectivity index is 1.57. The van der Waals surface area contributed by atoms with E-state index in [9.17, 15) is 4.79 Å². The van der Waals surface area contributed by atoms with Gasteiger partial charge in [0.25, 0.3) is 0 Å². The molecule has 0 bridgehead atoms. The number of nitrogens with one attached hydrogen (secondary N) is 2. The topological polar surface area (TPSA) is 71.8 Å². The molecule has 6 nitrogen and oxygen atoms in total. The average Bonchev–Trinajstić information content (AvgIpc) is 3.03.